The number of carbonyl (C=O) groups is 1. The molecule has 0 saturated heterocycles. The highest BCUT2D eigenvalue weighted by Gasteiger charge is 2.14. The van der Waals surface area contributed by atoms with E-state index in [1.165, 1.54) is 12.1 Å². The van der Waals surface area contributed by atoms with Gasteiger partial charge in [0.1, 0.15) is 24.8 Å². The van der Waals surface area contributed by atoms with Crippen LogP contribution in [-0.4, -0.2) is 22.7 Å². The van der Waals surface area contributed by atoms with E-state index < -0.39 is 5.97 Å². The van der Waals surface area contributed by atoms with Gasteiger partial charge in [0, 0.05) is 5.39 Å². The number of halogens is 1. The molecule has 174 valence electrons. The normalized spacial score (nSPS) is 11.9. The number of benzene rings is 3. The van der Waals surface area contributed by atoms with Crippen molar-refractivity contribution >= 4 is 16.9 Å². The molecule has 5 nitrogen and oxygen atoms in total. The number of aromatic nitrogens is 1. The first-order valence-electron chi connectivity index (χ1n) is 11.2. The second-order valence-corrected chi connectivity index (χ2v) is 8.07. The van der Waals surface area contributed by atoms with Crippen LogP contribution in [0.5, 0.6) is 5.75 Å². The first-order valence-corrected chi connectivity index (χ1v) is 11.2. The minimum absolute atomic E-state index is 0.259. The lowest BCUT2D eigenvalue weighted by Crippen LogP contribution is -2.12. The highest BCUT2D eigenvalue weighted by atomic mass is 19.1. The molecule has 1 heterocycles. The number of para-hydroxylation sites is 1. The van der Waals surface area contributed by atoms with Crippen LogP contribution >= 0.6 is 0 Å². The summed E-state index contributed by atoms with van der Waals surface area (Å²) in [6, 6.07) is 25.8. The summed E-state index contributed by atoms with van der Waals surface area (Å²) >= 11 is 0. The first-order chi connectivity index (χ1) is 16.6. The van der Waals surface area contributed by atoms with Gasteiger partial charge in [-0.05, 0) is 66.8 Å². The molecule has 0 spiro atoms. The van der Waals surface area contributed by atoms with Gasteiger partial charge in [-0.1, -0.05) is 48.5 Å². The van der Waals surface area contributed by atoms with Gasteiger partial charge in [-0.15, -0.1) is 0 Å². The van der Waals surface area contributed by atoms with Crippen molar-refractivity contribution in [3.05, 3.63) is 108 Å². The SMILES string of the molecule is O=C(O)COC(CCCc1ccc(F)cc1)c1ccc(OCc2ccc3ccccc3n2)cc1. The fourth-order valence-electron chi connectivity index (χ4n) is 3.79. The second kappa shape index (κ2) is 11.4. The van der Waals surface area contributed by atoms with Gasteiger partial charge >= 0.3 is 5.97 Å². The first kappa shape index (κ1) is 23.4. The van der Waals surface area contributed by atoms with E-state index in [0.29, 0.717) is 18.8 Å². The number of pyridine rings is 1. The lowest BCUT2D eigenvalue weighted by molar-refractivity contribution is -0.144. The van der Waals surface area contributed by atoms with E-state index in [1.54, 1.807) is 12.1 Å². The smallest absolute Gasteiger partial charge is 0.329 e. The predicted octanol–water partition coefficient (Wildman–Crippen LogP) is 6.12. The van der Waals surface area contributed by atoms with Crippen molar-refractivity contribution in [3.8, 4) is 5.75 Å². The van der Waals surface area contributed by atoms with Crippen LogP contribution in [0.3, 0.4) is 0 Å². The zero-order chi connectivity index (χ0) is 23.8. The average molecular weight is 460 g/mol. The van der Waals surface area contributed by atoms with Crippen molar-refractivity contribution in [1.82, 2.24) is 4.98 Å². The molecule has 1 aromatic heterocycles. The van der Waals surface area contributed by atoms with Crippen molar-refractivity contribution in [3.63, 3.8) is 0 Å². The van der Waals surface area contributed by atoms with Crippen LogP contribution in [0, 0.1) is 5.82 Å². The van der Waals surface area contributed by atoms with Crippen LogP contribution in [0.15, 0.2) is 84.9 Å². The Balaban J connectivity index is 1.35. The summed E-state index contributed by atoms with van der Waals surface area (Å²) in [5.74, 6) is -0.571. The van der Waals surface area contributed by atoms with E-state index in [0.717, 1.165) is 40.6 Å². The average Bonchev–Trinajstić information content (AvgIpc) is 2.86. The molecule has 0 amide bonds. The molecule has 1 atom stereocenters. The summed E-state index contributed by atoms with van der Waals surface area (Å²) in [7, 11) is 0. The number of carboxylic acids is 1. The molecule has 1 unspecified atom stereocenters. The van der Waals surface area contributed by atoms with Crippen LogP contribution in [0.2, 0.25) is 0 Å². The number of rotatable bonds is 11. The van der Waals surface area contributed by atoms with Crippen molar-refractivity contribution < 1.29 is 23.8 Å². The Morgan fingerprint density at radius 3 is 2.47 bits per heavy atom. The van der Waals surface area contributed by atoms with E-state index >= 15 is 0 Å². The third kappa shape index (κ3) is 6.62. The molecule has 3 aromatic carbocycles. The largest absolute Gasteiger partial charge is 0.487 e. The fraction of sp³-hybridized carbons (Fsp3) is 0.214. The number of aliphatic carboxylic acids is 1. The second-order valence-electron chi connectivity index (χ2n) is 8.07. The summed E-state index contributed by atoms with van der Waals surface area (Å²) in [4.78, 5) is 15.7. The molecule has 6 heteroatoms. The van der Waals surface area contributed by atoms with E-state index in [-0.39, 0.29) is 18.5 Å². The summed E-state index contributed by atoms with van der Waals surface area (Å²) in [5, 5.41) is 10.1. The number of hydrogen-bond donors (Lipinski definition) is 1. The van der Waals surface area contributed by atoms with Gasteiger partial charge < -0.3 is 14.6 Å². The third-order valence-corrected chi connectivity index (χ3v) is 5.55. The quantitative estimate of drug-likeness (QED) is 0.293. The number of fused-ring (bicyclic) bond motifs is 1. The fourth-order valence-corrected chi connectivity index (χ4v) is 3.79. The monoisotopic (exact) mass is 459 g/mol. The molecule has 0 saturated carbocycles. The lowest BCUT2D eigenvalue weighted by Gasteiger charge is -2.18. The van der Waals surface area contributed by atoms with Crippen molar-refractivity contribution in [2.75, 3.05) is 6.61 Å². The van der Waals surface area contributed by atoms with Gasteiger partial charge in [0.15, 0.2) is 0 Å². The van der Waals surface area contributed by atoms with Crippen molar-refractivity contribution in [2.45, 2.75) is 32.0 Å². The molecule has 4 aromatic rings. The molecular weight excluding hydrogens is 433 g/mol. The summed E-state index contributed by atoms with van der Waals surface area (Å²) in [6.45, 7) is -0.0199. The van der Waals surface area contributed by atoms with Gasteiger partial charge in [-0.25, -0.2) is 14.2 Å². The van der Waals surface area contributed by atoms with Crippen LogP contribution in [0.1, 0.15) is 35.8 Å². The Morgan fingerprint density at radius 1 is 0.941 bits per heavy atom. The molecule has 1 N–H and O–H groups in total. The molecule has 0 aliphatic carbocycles. The van der Waals surface area contributed by atoms with Crippen LogP contribution in [-0.2, 0) is 22.6 Å². The van der Waals surface area contributed by atoms with Gasteiger partial charge in [0.05, 0.1) is 17.3 Å². The number of ether oxygens (including phenoxy) is 2. The Kier molecular flexibility index (Phi) is 7.83. The summed E-state index contributed by atoms with van der Waals surface area (Å²) in [5.41, 5.74) is 3.69. The number of aryl methyl sites for hydroxylation is 1. The topological polar surface area (TPSA) is 68.7 Å². The summed E-state index contributed by atoms with van der Waals surface area (Å²) in [6.07, 6.45) is 1.83. The van der Waals surface area contributed by atoms with Crippen LogP contribution in [0.4, 0.5) is 4.39 Å². The van der Waals surface area contributed by atoms with E-state index in [4.69, 9.17) is 14.6 Å². The maximum atomic E-state index is 13.1. The zero-order valence-electron chi connectivity index (χ0n) is 18.7. The molecule has 0 fully saturated rings. The van der Waals surface area contributed by atoms with Gasteiger partial charge in [0.2, 0.25) is 0 Å². The lowest BCUT2D eigenvalue weighted by atomic mass is 10.0. The molecule has 0 aliphatic rings. The highest BCUT2D eigenvalue weighted by molar-refractivity contribution is 5.78. The van der Waals surface area contributed by atoms with Gasteiger partial charge in [-0.3, -0.25) is 0 Å². The minimum Gasteiger partial charge on any atom is -0.487 e. The molecule has 4 rings (SSSR count). The minimum atomic E-state index is -1.01. The number of carboxylic acid groups (broad SMARTS) is 1. The number of hydrogen-bond acceptors (Lipinski definition) is 4. The maximum absolute atomic E-state index is 13.1. The number of nitrogens with zero attached hydrogens (tertiary/aromatic N) is 1. The Bertz CT molecular complexity index is 1230. The Labute approximate surface area is 197 Å². The predicted molar refractivity (Wildman–Crippen MR) is 128 cm³/mol. The van der Waals surface area contributed by atoms with E-state index in [1.807, 2.05) is 60.7 Å². The van der Waals surface area contributed by atoms with Crippen molar-refractivity contribution in [2.24, 2.45) is 0 Å². The molecular formula is C28H26FNO4. The maximum Gasteiger partial charge on any atom is 0.329 e. The van der Waals surface area contributed by atoms with Crippen molar-refractivity contribution in [1.29, 1.82) is 0 Å². The Morgan fingerprint density at radius 2 is 1.71 bits per heavy atom. The highest BCUT2D eigenvalue weighted by Crippen LogP contribution is 2.26. The zero-order valence-corrected chi connectivity index (χ0v) is 18.7. The molecule has 0 bridgehead atoms. The van der Waals surface area contributed by atoms with Crippen LogP contribution in [0.25, 0.3) is 10.9 Å². The Hall–Kier alpha value is -3.77. The third-order valence-electron chi connectivity index (χ3n) is 5.55. The molecule has 0 aliphatic heterocycles. The van der Waals surface area contributed by atoms with Gasteiger partial charge in [-0.2, -0.15) is 0 Å². The summed E-state index contributed by atoms with van der Waals surface area (Å²) < 4.78 is 24.6. The van der Waals surface area contributed by atoms with Gasteiger partial charge in [0.25, 0.3) is 0 Å². The molecule has 34 heavy (non-hydrogen) atoms. The van der Waals surface area contributed by atoms with Crippen LogP contribution < -0.4 is 4.74 Å². The standard InChI is InChI=1S/C28H26FNO4/c29-23-13-8-20(9-14-23)4-3-7-27(34-19-28(31)32)22-11-16-25(17-12-22)33-18-24-15-10-21-5-1-2-6-26(21)30-24/h1-2,5-6,8-17,27H,3-4,7,18-19H2,(H,31,32). The van der Waals surface area contributed by atoms with E-state index in [2.05, 4.69) is 4.98 Å². The molecule has 0 radical (unpaired) electrons. The van der Waals surface area contributed by atoms with E-state index in [9.17, 15) is 9.18 Å².